The van der Waals surface area contributed by atoms with Gasteiger partial charge in [-0.15, -0.1) is 0 Å². The van der Waals surface area contributed by atoms with Gasteiger partial charge >= 0.3 is 6.09 Å². The molecule has 5 heteroatoms. The van der Waals surface area contributed by atoms with Gasteiger partial charge in [-0.2, -0.15) is 11.3 Å². The summed E-state index contributed by atoms with van der Waals surface area (Å²) in [5.74, 6) is 0. The number of carboxylic acid groups (broad SMARTS) is 1. The van der Waals surface area contributed by atoms with Gasteiger partial charge in [-0.1, -0.05) is 6.07 Å². The minimum absolute atomic E-state index is 0.567. The lowest BCUT2D eigenvalue weighted by atomic mass is 9.84. The normalized spacial score (nSPS) is 19.5. The van der Waals surface area contributed by atoms with Crippen molar-refractivity contribution in [3.8, 4) is 0 Å². The van der Waals surface area contributed by atoms with Crippen LogP contribution in [-0.2, 0) is 19.3 Å². The number of anilines is 1. The molecule has 0 spiro atoms. The lowest BCUT2D eigenvalue weighted by Gasteiger charge is -2.34. The molecule has 1 aliphatic heterocycles. The second-order valence-electron chi connectivity index (χ2n) is 6.40. The molecule has 1 atom stereocenters. The van der Waals surface area contributed by atoms with Crippen LogP contribution in [0.5, 0.6) is 0 Å². The Hall–Kier alpha value is -2.11. The van der Waals surface area contributed by atoms with Crippen molar-refractivity contribution in [1.82, 2.24) is 0 Å². The third-order valence-corrected chi connectivity index (χ3v) is 5.65. The van der Waals surface area contributed by atoms with E-state index in [-0.39, 0.29) is 0 Å². The number of fused-ring (bicyclic) bond motifs is 3. The summed E-state index contributed by atoms with van der Waals surface area (Å²) < 4.78 is 0. The molecule has 1 aromatic carbocycles. The Kier molecular flexibility index (Phi) is 3.90. The van der Waals surface area contributed by atoms with Crippen molar-refractivity contribution in [3.05, 3.63) is 56.8 Å². The Morgan fingerprint density at radius 1 is 1.25 bits per heavy atom. The highest BCUT2D eigenvalue weighted by Crippen LogP contribution is 2.39. The first-order valence-corrected chi connectivity index (χ1v) is 9.16. The summed E-state index contributed by atoms with van der Waals surface area (Å²) in [7, 11) is 0. The van der Waals surface area contributed by atoms with E-state index < -0.39 is 12.3 Å². The highest BCUT2D eigenvalue weighted by molar-refractivity contribution is 7.07. The van der Waals surface area contributed by atoms with Crippen LogP contribution in [0, 0.1) is 0 Å². The summed E-state index contributed by atoms with van der Waals surface area (Å²) in [5, 5.41) is 24.3. The van der Waals surface area contributed by atoms with Crippen molar-refractivity contribution >= 4 is 29.2 Å². The van der Waals surface area contributed by atoms with Gasteiger partial charge in [0.1, 0.15) is 0 Å². The molecule has 2 aliphatic rings. The van der Waals surface area contributed by atoms with Crippen molar-refractivity contribution in [2.24, 2.45) is 0 Å². The minimum Gasteiger partial charge on any atom is -0.465 e. The maximum Gasteiger partial charge on any atom is 0.414 e. The lowest BCUT2D eigenvalue weighted by molar-refractivity contribution is 0.164. The fourth-order valence-corrected chi connectivity index (χ4v) is 4.42. The van der Waals surface area contributed by atoms with Gasteiger partial charge in [0.25, 0.3) is 0 Å². The number of carbonyl (C=O) groups is 1. The van der Waals surface area contributed by atoms with Crippen LogP contribution in [0.1, 0.15) is 35.1 Å². The Morgan fingerprint density at radius 3 is 2.83 bits per heavy atom. The SMILES string of the molecule is O=C(O)N1c2ccc3c(c2C=C(Cc2ccsc2)C1O)CCCC3. The van der Waals surface area contributed by atoms with Gasteiger partial charge in [0.15, 0.2) is 6.23 Å². The van der Waals surface area contributed by atoms with Crippen molar-refractivity contribution in [2.45, 2.75) is 38.3 Å². The summed E-state index contributed by atoms with van der Waals surface area (Å²) in [6, 6.07) is 5.88. The molecule has 4 nitrogen and oxygen atoms in total. The first-order chi connectivity index (χ1) is 11.6. The van der Waals surface area contributed by atoms with Gasteiger partial charge in [0.2, 0.25) is 0 Å². The Balaban J connectivity index is 1.84. The maximum absolute atomic E-state index is 11.8. The number of aliphatic hydroxyl groups is 1. The summed E-state index contributed by atoms with van der Waals surface area (Å²) in [5.41, 5.74) is 5.98. The number of rotatable bonds is 2. The van der Waals surface area contributed by atoms with Crippen LogP contribution >= 0.6 is 11.3 Å². The Bertz CT molecular complexity index is 810. The van der Waals surface area contributed by atoms with Crippen LogP contribution < -0.4 is 4.90 Å². The summed E-state index contributed by atoms with van der Waals surface area (Å²) in [6.07, 6.45) is 4.68. The van der Waals surface area contributed by atoms with Crippen LogP contribution in [0.4, 0.5) is 10.5 Å². The smallest absolute Gasteiger partial charge is 0.414 e. The molecule has 2 heterocycles. The molecule has 0 saturated carbocycles. The number of nitrogens with zero attached hydrogens (tertiary/aromatic N) is 1. The molecule has 0 radical (unpaired) electrons. The highest BCUT2D eigenvalue weighted by Gasteiger charge is 2.33. The molecule has 0 saturated heterocycles. The van der Waals surface area contributed by atoms with Gasteiger partial charge in [0.05, 0.1) is 5.69 Å². The average Bonchev–Trinajstić information content (AvgIpc) is 3.08. The van der Waals surface area contributed by atoms with E-state index in [1.54, 1.807) is 11.3 Å². The van der Waals surface area contributed by atoms with Crippen LogP contribution in [-0.4, -0.2) is 22.5 Å². The van der Waals surface area contributed by atoms with E-state index in [9.17, 15) is 15.0 Å². The number of amides is 1. The molecule has 2 N–H and O–H groups in total. The summed E-state index contributed by atoms with van der Waals surface area (Å²) in [6.45, 7) is 0. The molecular weight excluding hydrogens is 322 g/mol. The molecule has 4 rings (SSSR count). The van der Waals surface area contributed by atoms with Crippen molar-refractivity contribution < 1.29 is 15.0 Å². The molecule has 1 aromatic heterocycles. The Labute approximate surface area is 144 Å². The van der Waals surface area contributed by atoms with Gasteiger partial charge in [-0.05, 0) is 83.3 Å². The molecule has 1 unspecified atom stereocenters. The van der Waals surface area contributed by atoms with E-state index in [1.165, 1.54) is 17.5 Å². The zero-order valence-electron chi connectivity index (χ0n) is 13.2. The van der Waals surface area contributed by atoms with Crippen LogP contribution in [0.3, 0.4) is 0 Å². The fourth-order valence-electron chi connectivity index (χ4n) is 3.75. The van der Waals surface area contributed by atoms with Crippen LogP contribution in [0.15, 0.2) is 34.5 Å². The molecule has 2 aromatic rings. The first kappa shape index (κ1) is 15.4. The molecule has 0 fully saturated rings. The van der Waals surface area contributed by atoms with Crippen molar-refractivity contribution in [1.29, 1.82) is 0 Å². The molecule has 0 bridgehead atoms. The van der Waals surface area contributed by atoms with Gasteiger partial charge in [0, 0.05) is 5.56 Å². The number of thiophene rings is 1. The third-order valence-electron chi connectivity index (χ3n) is 4.91. The molecule has 1 aliphatic carbocycles. The number of aliphatic hydroxyl groups excluding tert-OH is 1. The van der Waals surface area contributed by atoms with Gasteiger partial charge < -0.3 is 10.2 Å². The van der Waals surface area contributed by atoms with Crippen molar-refractivity contribution in [3.63, 3.8) is 0 Å². The zero-order chi connectivity index (χ0) is 16.7. The van der Waals surface area contributed by atoms with Crippen LogP contribution in [0.25, 0.3) is 6.08 Å². The standard InChI is InChI=1S/C19H19NO3S/c21-18-14(9-12-7-8-24-11-12)10-16-15-4-2-1-3-13(15)5-6-17(16)20(18)19(22)23/h5-8,10-11,18,21H,1-4,9H2,(H,22,23). The number of aryl methyl sites for hydroxylation is 1. The monoisotopic (exact) mass is 341 g/mol. The van der Waals surface area contributed by atoms with Crippen molar-refractivity contribution in [2.75, 3.05) is 4.90 Å². The highest BCUT2D eigenvalue weighted by atomic mass is 32.1. The van der Waals surface area contributed by atoms with E-state index in [0.29, 0.717) is 12.1 Å². The maximum atomic E-state index is 11.8. The zero-order valence-corrected chi connectivity index (χ0v) is 14.1. The second-order valence-corrected chi connectivity index (χ2v) is 7.18. The average molecular weight is 341 g/mol. The van der Waals surface area contributed by atoms with Gasteiger partial charge in [-0.25, -0.2) is 9.69 Å². The number of hydrogen-bond acceptors (Lipinski definition) is 3. The Morgan fingerprint density at radius 2 is 2.08 bits per heavy atom. The number of hydrogen-bond donors (Lipinski definition) is 2. The minimum atomic E-state index is -1.13. The predicted molar refractivity (Wildman–Crippen MR) is 95.6 cm³/mol. The van der Waals surface area contributed by atoms with E-state index in [2.05, 4.69) is 0 Å². The summed E-state index contributed by atoms with van der Waals surface area (Å²) in [4.78, 5) is 12.9. The second kappa shape index (κ2) is 6.07. The molecule has 124 valence electrons. The number of benzene rings is 1. The van der Waals surface area contributed by atoms with E-state index in [4.69, 9.17) is 0 Å². The van der Waals surface area contributed by atoms with E-state index in [1.807, 2.05) is 35.0 Å². The summed E-state index contributed by atoms with van der Waals surface area (Å²) >= 11 is 1.61. The fraction of sp³-hybridized carbons (Fsp3) is 0.316. The van der Waals surface area contributed by atoms with E-state index >= 15 is 0 Å². The molecular formula is C19H19NO3S. The molecule has 24 heavy (non-hydrogen) atoms. The van der Waals surface area contributed by atoms with E-state index in [0.717, 1.165) is 40.9 Å². The van der Waals surface area contributed by atoms with Gasteiger partial charge in [-0.3, -0.25) is 0 Å². The van der Waals surface area contributed by atoms with Crippen LogP contribution in [0.2, 0.25) is 0 Å². The molecule has 1 amide bonds. The lowest BCUT2D eigenvalue weighted by Crippen LogP contribution is -2.43. The predicted octanol–water partition coefficient (Wildman–Crippen LogP) is 4.07. The third kappa shape index (κ3) is 2.54. The first-order valence-electron chi connectivity index (χ1n) is 8.21. The largest absolute Gasteiger partial charge is 0.465 e. The quantitative estimate of drug-likeness (QED) is 0.865. The topological polar surface area (TPSA) is 60.8 Å².